The Kier molecular flexibility index (Phi) is 5.04. The topological polar surface area (TPSA) is 98.7 Å². The van der Waals surface area contributed by atoms with Crippen molar-refractivity contribution in [2.75, 3.05) is 0 Å². The third-order valence-electron chi connectivity index (χ3n) is 4.99. The van der Waals surface area contributed by atoms with Crippen molar-refractivity contribution in [2.24, 2.45) is 0 Å². The second-order valence-electron chi connectivity index (χ2n) is 6.79. The van der Waals surface area contributed by atoms with E-state index < -0.39 is 28.8 Å². The molecule has 0 bridgehead atoms. The Bertz CT molecular complexity index is 1280. The Hall–Kier alpha value is -3.24. The number of halogens is 3. The fourth-order valence-corrected chi connectivity index (χ4v) is 3.56. The first kappa shape index (κ1) is 20.0. The highest BCUT2D eigenvalue weighted by Gasteiger charge is 2.41. The van der Waals surface area contributed by atoms with Gasteiger partial charge in [0.15, 0.2) is 0 Å². The molecule has 2 unspecified atom stereocenters. The predicted octanol–water partition coefficient (Wildman–Crippen LogP) is 2.46. The van der Waals surface area contributed by atoms with E-state index >= 15 is 0 Å². The van der Waals surface area contributed by atoms with Gasteiger partial charge in [-0.3, -0.25) is 4.79 Å². The summed E-state index contributed by atoms with van der Waals surface area (Å²) in [6.45, 7) is 1.20. The Morgan fingerprint density at radius 3 is 2.77 bits per heavy atom. The maximum Gasteiger partial charge on any atom is 0.278 e. The van der Waals surface area contributed by atoms with Crippen molar-refractivity contribution >= 4 is 22.5 Å². The third-order valence-corrected chi connectivity index (χ3v) is 5.30. The number of hydrogen-bond acceptors (Lipinski definition) is 6. The Morgan fingerprint density at radius 1 is 1.27 bits per heavy atom. The second kappa shape index (κ2) is 7.54. The lowest BCUT2D eigenvalue weighted by atomic mass is 9.86. The van der Waals surface area contributed by atoms with Crippen LogP contribution in [0, 0.1) is 11.6 Å². The summed E-state index contributed by atoms with van der Waals surface area (Å²) in [5.41, 5.74) is -2.64. The molecule has 0 aliphatic carbocycles. The molecule has 0 amide bonds. The SMILES string of the molecule is CC(n1nnc2c(Cl)cccc2c1=O)C(O)(Cn1cncn1)c1ccc(F)cc1F. The van der Waals surface area contributed by atoms with Gasteiger partial charge in [-0.25, -0.2) is 23.1 Å². The quantitative estimate of drug-likeness (QED) is 0.520. The van der Waals surface area contributed by atoms with E-state index in [1.54, 1.807) is 12.1 Å². The molecule has 0 spiro atoms. The van der Waals surface area contributed by atoms with Gasteiger partial charge in [0.2, 0.25) is 0 Å². The summed E-state index contributed by atoms with van der Waals surface area (Å²) in [4.78, 5) is 16.9. The summed E-state index contributed by atoms with van der Waals surface area (Å²) in [6.07, 6.45) is 2.57. The lowest BCUT2D eigenvalue weighted by molar-refractivity contribution is -0.0390. The summed E-state index contributed by atoms with van der Waals surface area (Å²) in [6, 6.07) is 6.36. The van der Waals surface area contributed by atoms with Crippen molar-refractivity contribution in [3.05, 3.63) is 81.6 Å². The normalized spacial score (nSPS) is 14.6. The molecule has 0 saturated heterocycles. The molecule has 8 nitrogen and oxygen atoms in total. The van der Waals surface area contributed by atoms with E-state index in [0.717, 1.165) is 16.8 Å². The minimum atomic E-state index is -2.05. The standard InChI is InChI=1S/C19H15ClF2N6O2/c1-11(28-18(29)13-3-2-4-15(20)17(13)25-26-28)19(30,8-27-10-23-9-24-27)14-6-5-12(21)7-16(14)22/h2-7,9-11,30H,8H2,1H3. The summed E-state index contributed by atoms with van der Waals surface area (Å²) >= 11 is 6.07. The van der Waals surface area contributed by atoms with Crippen molar-refractivity contribution in [1.29, 1.82) is 0 Å². The number of rotatable bonds is 5. The fourth-order valence-electron chi connectivity index (χ4n) is 3.35. The van der Waals surface area contributed by atoms with Crippen molar-refractivity contribution in [3.63, 3.8) is 0 Å². The molecular weight excluding hydrogens is 418 g/mol. The Labute approximate surface area is 173 Å². The molecule has 0 aliphatic rings. The zero-order valence-electron chi connectivity index (χ0n) is 15.6. The number of nitrogens with zero attached hydrogens (tertiary/aromatic N) is 6. The van der Waals surface area contributed by atoms with E-state index in [4.69, 9.17) is 11.6 Å². The predicted molar refractivity (Wildman–Crippen MR) is 104 cm³/mol. The highest BCUT2D eigenvalue weighted by molar-refractivity contribution is 6.34. The molecule has 1 N–H and O–H groups in total. The molecule has 2 heterocycles. The fraction of sp³-hybridized carbons (Fsp3) is 0.211. The molecule has 0 aliphatic heterocycles. The number of benzene rings is 2. The molecule has 154 valence electrons. The minimum Gasteiger partial charge on any atom is -0.381 e. The Balaban J connectivity index is 1.90. The van der Waals surface area contributed by atoms with Crippen molar-refractivity contribution in [1.82, 2.24) is 29.8 Å². The zero-order chi connectivity index (χ0) is 21.5. The first-order valence-electron chi connectivity index (χ1n) is 8.85. The van der Waals surface area contributed by atoms with Crippen LogP contribution in [0.2, 0.25) is 5.02 Å². The number of aliphatic hydroxyl groups is 1. The highest BCUT2D eigenvalue weighted by Crippen LogP contribution is 2.36. The van der Waals surface area contributed by atoms with E-state index in [-0.39, 0.29) is 28.0 Å². The van der Waals surface area contributed by atoms with Crippen LogP contribution < -0.4 is 5.56 Å². The average Bonchev–Trinajstić information content (AvgIpc) is 3.21. The lowest BCUT2D eigenvalue weighted by Crippen LogP contribution is -2.44. The summed E-state index contributed by atoms with van der Waals surface area (Å²) in [5, 5.41) is 23.9. The molecule has 4 aromatic rings. The summed E-state index contributed by atoms with van der Waals surface area (Å²) < 4.78 is 30.4. The van der Waals surface area contributed by atoms with Crippen LogP contribution in [0.5, 0.6) is 0 Å². The average molecular weight is 433 g/mol. The largest absolute Gasteiger partial charge is 0.381 e. The summed E-state index contributed by atoms with van der Waals surface area (Å²) in [7, 11) is 0. The maximum absolute atomic E-state index is 14.7. The first-order valence-corrected chi connectivity index (χ1v) is 9.23. The minimum absolute atomic E-state index is 0.187. The molecule has 4 rings (SSSR count). The molecule has 2 aromatic heterocycles. The zero-order valence-corrected chi connectivity index (χ0v) is 16.3. The van der Waals surface area contributed by atoms with Crippen LogP contribution in [-0.2, 0) is 12.1 Å². The monoisotopic (exact) mass is 432 g/mol. The molecule has 2 atom stereocenters. The van der Waals surface area contributed by atoms with Gasteiger partial charge < -0.3 is 5.11 Å². The van der Waals surface area contributed by atoms with Crippen LogP contribution >= 0.6 is 11.6 Å². The Morgan fingerprint density at radius 2 is 2.07 bits per heavy atom. The molecule has 0 radical (unpaired) electrons. The first-order chi connectivity index (χ1) is 14.3. The van der Waals surface area contributed by atoms with Crippen molar-refractivity contribution in [2.45, 2.75) is 25.1 Å². The molecule has 2 aromatic carbocycles. The van der Waals surface area contributed by atoms with Crippen LogP contribution in [-0.4, -0.2) is 34.9 Å². The van der Waals surface area contributed by atoms with Crippen molar-refractivity contribution < 1.29 is 13.9 Å². The van der Waals surface area contributed by atoms with Crippen LogP contribution in [0.4, 0.5) is 8.78 Å². The number of fused-ring (bicyclic) bond motifs is 1. The van der Waals surface area contributed by atoms with Gasteiger partial charge in [0.05, 0.1) is 23.0 Å². The molecule has 11 heteroatoms. The van der Waals surface area contributed by atoms with Crippen LogP contribution in [0.25, 0.3) is 10.9 Å². The van der Waals surface area contributed by atoms with E-state index in [9.17, 15) is 18.7 Å². The maximum atomic E-state index is 14.7. The third kappa shape index (κ3) is 3.33. The lowest BCUT2D eigenvalue weighted by Gasteiger charge is -2.34. The van der Waals surface area contributed by atoms with Gasteiger partial charge in [-0.1, -0.05) is 28.9 Å². The molecule has 0 fully saturated rings. The van der Waals surface area contributed by atoms with E-state index in [1.165, 1.54) is 30.3 Å². The molecule has 30 heavy (non-hydrogen) atoms. The van der Waals surface area contributed by atoms with Crippen LogP contribution in [0.15, 0.2) is 53.8 Å². The smallest absolute Gasteiger partial charge is 0.278 e. The van der Waals surface area contributed by atoms with Gasteiger partial charge in [0.1, 0.15) is 35.4 Å². The van der Waals surface area contributed by atoms with E-state index in [1.807, 2.05) is 0 Å². The summed E-state index contributed by atoms with van der Waals surface area (Å²) in [5.74, 6) is -1.78. The van der Waals surface area contributed by atoms with Gasteiger partial charge in [0, 0.05) is 11.6 Å². The van der Waals surface area contributed by atoms with Gasteiger partial charge in [0.25, 0.3) is 5.56 Å². The van der Waals surface area contributed by atoms with Crippen LogP contribution in [0.3, 0.4) is 0 Å². The molecule has 0 saturated carbocycles. The number of hydrogen-bond donors (Lipinski definition) is 1. The van der Waals surface area contributed by atoms with Gasteiger partial charge in [-0.05, 0) is 25.1 Å². The number of aromatic nitrogens is 6. The van der Waals surface area contributed by atoms with Crippen LogP contribution in [0.1, 0.15) is 18.5 Å². The molecular formula is C19H15ClF2N6O2. The van der Waals surface area contributed by atoms with E-state index in [0.29, 0.717) is 6.07 Å². The second-order valence-corrected chi connectivity index (χ2v) is 7.20. The van der Waals surface area contributed by atoms with Gasteiger partial charge >= 0.3 is 0 Å². The van der Waals surface area contributed by atoms with Gasteiger partial charge in [-0.2, -0.15) is 5.10 Å². The van der Waals surface area contributed by atoms with Gasteiger partial charge in [-0.15, -0.1) is 5.10 Å². The van der Waals surface area contributed by atoms with Crippen molar-refractivity contribution in [3.8, 4) is 0 Å². The van der Waals surface area contributed by atoms with E-state index in [2.05, 4.69) is 20.4 Å². The highest BCUT2D eigenvalue weighted by atomic mass is 35.5.